The Kier molecular flexibility index (Phi) is 7.23. The molecule has 1 unspecified atom stereocenters. The first-order valence-electron chi connectivity index (χ1n) is 9.54. The number of carbonyl (C=O) groups excluding carboxylic acids is 1. The van der Waals surface area contributed by atoms with Gasteiger partial charge in [0.25, 0.3) is 0 Å². The molecule has 148 valence electrons. The van der Waals surface area contributed by atoms with Crippen LogP contribution in [0.1, 0.15) is 57.4 Å². The van der Waals surface area contributed by atoms with Crippen molar-refractivity contribution in [2.75, 3.05) is 26.2 Å². The largest absolute Gasteiger partial charge is 0.360 e. The molecular weight excluding hydrogens is 354 g/mol. The Labute approximate surface area is 156 Å². The van der Waals surface area contributed by atoms with E-state index in [0.717, 1.165) is 25.7 Å². The molecule has 1 aromatic rings. The quantitative estimate of drug-likeness (QED) is 0.720. The molecule has 1 aliphatic rings. The third kappa shape index (κ3) is 4.46. The lowest BCUT2D eigenvalue weighted by Crippen LogP contribution is -2.40. The van der Waals surface area contributed by atoms with E-state index in [2.05, 4.69) is 12.1 Å². The highest BCUT2D eigenvalue weighted by Crippen LogP contribution is 2.25. The fourth-order valence-electron chi connectivity index (χ4n) is 3.54. The van der Waals surface area contributed by atoms with Crippen molar-refractivity contribution in [1.29, 1.82) is 0 Å². The van der Waals surface area contributed by atoms with Gasteiger partial charge in [-0.1, -0.05) is 31.8 Å². The molecule has 0 aliphatic carbocycles. The summed E-state index contributed by atoms with van der Waals surface area (Å²) in [6.45, 7) is 9.17. The first-order valence-corrected chi connectivity index (χ1v) is 11.0. The zero-order valence-electron chi connectivity index (χ0n) is 16.3. The van der Waals surface area contributed by atoms with Gasteiger partial charge in [-0.15, -0.1) is 0 Å². The predicted octanol–water partition coefficient (Wildman–Crippen LogP) is 2.73. The van der Waals surface area contributed by atoms with Gasteiger partial charge in [-0.05, 0) is 33.1 Å². The van der Waals surface area contributed by atoms with Crippen LogP contribution in [0.2, 0.25) is 0 Å². The summed E-state index contributed by atoms with van der Waals surface area (Å²) in [7, 11) is -3.65. The summed E-state index contributed by atoms with van der Waals surface area (Å²) in [5.41, 5.74) is 0.380. The molecule has 1 atom stereocenters. The monoisotopic (exact) mass is 385 g/mol. The van der Waals surface area contributed by atoms with Crippen LogP contribution >= 0.6 is 0 Å². The van der Waals surface area contributed by atoms with Gasteiger partial charge >= 0.3 is 0 Å². The second-order valence-electron chi connectivity index (χ2n) is 6.98. The fraction of sp³-hybridized carbons (Fsp3) is 0.778. The van der Waals surface area contributed by atoms with E-state index >= 15 is 0 Å². The third-order valence-corrected chi connectivity index (χ3v) is 7.22. The van der Waals surface area contributed by atoms with Gasteiger partial charge in [-0.2, -0.15) is 4.31 Å². The van der Waals surface area contributed by atoms with Crippen LogP contribution in [0.4, 0.5) is 0 Å². The minimum Gasteiger partial charge on any atom is -0.360 e. The number of rotatable bonds is 7. The lowest BCUT2D eigenvalue weighted by Gasteiger charge is -2.26. The van der Waals surface area contributed by atoms with Gasteiger partial charge in [0, 0.05) is 32.1 Å². The highest BCUT2D eigenvalue weighted by atomic mass is 32.2. The molecule has 1 saturated heterocycles. The molecule has 0 aromatic carbocycles. The number of hydrogen-bond donors (Lipinski definition) is 0. The molecule has 0 saturated carbocycles. The first-order chi connectivity index (χ1) is 12.3. The van der Waals surface area contributed by atoms with Crippen molar-refractivity contribution in [2.24, 2.45) is 5.92 Å². The smallest absolute Gasteiger partial charge is 0.248 e. The average molecular weight is 386 g/mol. The molecule has 26 heavy (non-hydrogen) atoms. The molecule has 2 rings (SSSR count). The van der Waals surface area contributed by atoms with E-state index in [4.69, 9.17) is 4.52 Å². The summed E-state index contributed by atoms with van der Waals surface area (Å²) in [6, 6.07) is 0. The fourth-order valence-corrected chi connectivity index (χ4v) is 5.30. The van der Waals surface area contributed by atoms with Crippen LogP contribution in [-0.4, -0.2) is 54.9 Å². The molecule has 1 fully saturated rings. The molecule has 7 nitrogen and oxygen atoms in total. The summed E-state index contributed by atoms with van der Waals surface area (Å²) in [5, 5.41) is 3.76. The Morgan fingerprint density at radius 3 is 2.50 bits per heavy atom. The summed E-state index contributed by atoms with van der Waals surface area (Å²) in [6.07, 6.45) is 4.50. The van der Waals surface area contributed by atoms with Crippen molar-refractivity contribution in [3.8, 4) is 0 Å². The molecule has 2 heterocycles. The number of hydrogen-bond acceptors (Lipinski definition) is 5. The highest BCUT2D eigenvalue weighted by Gasteiger charge is 2.33. The standard InChI is InChI=1S/C18H31N3O4S/c1-5-7-9-16(6-2)18(22)20-10-8-11-21(13-12-20)26(23,24)17-14(3)19-25-15(17)4/h16H,5-13H2,1-4H3. The molecular formula is C18H31N3O4S. The number of aryl methyl sites for hydroxylation is 2. The van der Waals surface area contributed by atoms with Crippen molar-refractivity contribution in [1.82, 2.24) is 14.4 Å². The summed E-state index contributed by atoms with van der Waals surface area (Å²) < 4.78 is 32.4. The first kappa shape index (κ1) is 20.9. The maximum absolute atomic E-state index is 13.0. The molecule has 1 aliphatic heterocycles. The van der Waals surface area contributed by atoms with Crippen molar-refractivity contribution < 1.29 is 17.7 Å². The number of nitrogens with zero attached hydrogens (tertiary/aromatic N) is 3. The predicted molar refractivity (Wildman–Crippen MR) is 99.2 cm³/mol. The summed E-state index contributed by atoms with van der Waals surface area (Å²) in [5.74, 6) is 0.517. The van der Waals surface area contributed by atoms with Crippen LogP contribution in [0.15, 0.2) is 9.42 Å². The number of amides is 1. The number of unbranched alkanes of at least 4 members (excludes halogenated alkanes) is 1. The van der Waals surface area contributed by atoms with Crippen LogP contribution in [-0.2, 0) is 14.8 Å². The topological polar surface area (TPSA) is 83.7 Å². The van der Waals surface area contributed by atoms with Gasteiger partial charge in [-0.3, -0.25) is 4.79 Å². The van der Waals surface area contributed by atoms with E-state index < -0.39 is 10.0 Å². The molecule has 0 radical (unpaired) electrons. The minimum absolute atomic E-state index is 0.0423. The van der Waals surface area contributed by atoms with Crippen LogP contribution in [0, 0.1) is 19.8 Å². The van der Waals surface area contributed by atoms with Gasteiger partial charge in [0.15, 0.2) is 5.76 Å². The normalized spacial score (nSPS) is 17.9. The minimum atomic E-state index is -3.65. The zero-order chi connectivity index (χ0) is 19.3. The van der Waals surface area contributed by atoms with Crippen molar-refractivity contribution >= 4 is 15.9 Å². The Morgan fingerprint density at radius 1 is 1.19 bits per heavy atom. The molecule has 1 aromatic heterocycles. The maximum Gasteiger partial charge on any atom is 0.248 e. The molecule has 1 amide bonds. The van der Waals surface area contributed by atoms with E-state index in [9.17, 15) is 13.2 Å². The number of aromatic nitrogens is 1. The zero-order valence-corrected chi connectivity index (χ0v) is 17.1. The number of carbonyl (C=O) groups is 1. The van der Waals surface area contributed by atoms with Crippen molar-refractivity contribution in [3.05, 3.63) is 11.5 Å². The van der Waals surface area contributed by atoms with E-state index in [-0.39, 0.29) is 16.7 Å². The van der Waals surface area contributed by atoms with Gasteiger partial charge in [0.05, 0.1) is 0 Å². The van der Waals surface area contributed by atoms with E-state index in [1.165, 1.54) is 4.31 Å². The Balaban J connectivity index is 2.09. The van der Waals surface area contributed by atoms with Gasteiger partial charge < -0.3 is 9.42 Å². The van der Waals surface area contributed by atoms with E-state index in [1.54, 1.807) is 13.8 Å². The maximum atomic E-state index is 13.0. The van der Waals surface area contributed by atoms with Crippen LogP contribution in [0.25, 0.3) is 0 Å². The molecule has 0 spiro atoms. The van der Waals surface area contributed by atoms with Crippen molar-refractivity contribution in [2.45, 2.75) is 64.7 Å². The van der Waals surface area contributed by atoms with Gasteiger partial charge in [-0.25, -0.2) is 8.42 Å². The molecule has 0 N–H and O–H groups in total. The highest BCUT2D eigenvalue weighted by molar-refractivity contribution is 7.89. The van der Waals surface area contributed by atoms with Crippen LogP contribution in [0.3, 0.4) is 0 Å². The lowest BCUT2D eigenvalue weighted by molar-refractivity contribution is -0.135. The SMILES string of the molecule is CCCCC(CC)C(=O)N1CCCN(S(=O)(=O)c2c(C)noc2C)CC1. The summed E-state index contributed by atoms with van der Waals surface area (Å²) in [4.78, 5) is 14.8. The Hall–Kier alpha value is -1.41. The van der Waals surface area contributed by atoms with Crippen LogP contribution < -0.4 is 0 Å². The second kappa shape index (κ2) is 8.99. The average Bonchev–Trinajstić information content (AvgIpc) is 2.81. The van der Waals surface area contributed by atoms with E-state index in [0.29, 0.717) is 44.1 Å². The molecule has 8 heteroatoms. The number of sulfonamides is 1. The van der Waals surface area contributed by atoms with Gasteiger partial charge in [0.2, 0.25) is 15.9 Å². The second-order valence-corrected chi connectivity index (χ2v) is 8.86. The van der Waals surface area contributed by atoms with E-state index in [1.807, 2.05) is 11.8 Å². The molecule has 0 bridgehead atoms. The van der Waals surface area contributed by atoms with Gasteiger partial charge in [0.1, 0.15) is 10.6 Å². The third-order valence-electron chi connectivity index (χ3n) is 5.08. The van der Waals surface area contributed by atoms with Crippen LogP contribution in [0.5, 0.6) is 0 Å². The lowest BCUT2D eigenvalue weighted by atomic mass is 9.97. The summed E-state index contributed by atoms with van der Waals surface area (Å²) >= 11 is 0. The Bertz CT molecular complexity index is 695. The van der Waals surface area contributed by atoms with Crippen molar-refractivity contribution in [3.63, 3.8) is 0 Å². The Morgan fingerprint density at radius 2 is 1.92 bits per heavy atom.